The third-order valence-corrected chi connectivity index (χ3v) is 4.38. The van der Waals surface area contributed by atoms with Crippen LogP contribution in [0, 0.1) is 0 Å². The lowest BCUT2D eigenvalue weighted by atomic mass is 10.2. The number of benzene rings is 1. The topological polar surface area (TPSA) is 82.1 Å². The molecule has 4 rings (SSSR count). The fourth-order valence-corrected chi connectivity index (χ4v) is 3.06. The maximum atomic E-state index is 5.79. The lowest BCUT2D eigenvalue weighted by Gasteiger charge is -2.34. The van der Waals surface area contributed by atoms with Gasteiger partial charge in [-0.15, -0.1) is 0 Å². The molecular formula is C17H20N6O. The van der Waals surface area contributed by atoms with Crippen molar-refractivity contribution < 1.29 is 4.74 Å². The number of aryl methyl sites for hydroxylation is 1. The number of rotatable bonds is 2. The van der Waals surface area contributed by atoms with Gasteiger partial charge in [0.05, 0.1) is 25.5 Å². The molecule has 7 nitrogen and oxygen atoms in total. The summed E-state index contributed by atoms with van der Waals surface area (Å²) < 4.78 is 7.40. The van der Waals surface area contributed by atoms with Crippen molar-refractivity contribution in [3.63, 3.8) is 0 Å². The highest BCUT2D eigenvalue weighted by atomic mass is 16.5. The van der Waals surface area contributed by atoms with Gasteiger partial charge < -0.3 is 15.4 Å². The van der Waals surface area contributed by atoms with Crippen LogP contribution in [0.3, 0.4) is 0 Å². The van der Waals surface area contributed by atoms with Crippen LogP contribution in [0.1, 0.15) is 6.92 Å². The summed E-state index contributed by atoms with van der Waals surface area (Å²) in [6.07, 6.45) is 1.78. The second-order valence-electron chi connectivity index (χ2n) is 6.11. The van der Waals surface area contributed by atoms with E-state index in [-0.39, 0.29) is 6.04 Å². The highest BCUT2D eigenvalue weighted by molar-refractivity contribution is 5.88. The van der Waals surface area contributed by atoms with Gasteiger partial charge >= 0.3 is 0 Å². The molecule has 0 saturated carbocycles. The largest absolute Gasteiger partial charge is 0.399 e. The molecule has 0 radical (unpaired) electrons. The molecule has 1 aliphatic heterocycles. The fraction of sp³-hybridized carbons (Fsp3) is 0.353. The highest BCUT2D eigenvalue weighted by Crippen LogP contribution is 2.29. The second-order valence-corrected chi connectivity index (χ2v) is 6.11. The van der Waals surface area contributed by atoms with Gasteiger partial charge in [0.25, 0.3) is 0 Å². The quantitative estimate of drug-likeness (QED) is 0.724. The Labute approximate surface area is 140 Å². The normalized spacial score (nSPS) is 18.2. The predicted molar refractivity (Wildman–Crippen MR) is 93.8 cm³/mol. The van der Waals surface area contributed by atoms with Crippen molar-refractivity contribution in [3.05, 3.63) is 30.5 Å². The summed E-state index contributed by atoms with van der Waals surface area (Å²) >= 11 is 0. The zero-order valence-corrected chi connectivity index (χ0v) is 13.8. The van der Waals surface area contributed by atoms with Gasteiger partial charge in [0.15, 0.2) is 11.6 Å². The average molecular weight is 324 g/mol. The van der Waals surface area contributed by atoms with Crippen LogP contribution in [0.4, 0.5) is 11.5 Å². The molecule has 24 heavy (non-hydrogen) atoms. The first-order chi connectivity index (χ1) is 11.6. The Morgan fingerprint density at radius 1 is 1.21 bits per heavy atom. The van der Waals surface area contributed by atoms with Crippen molar-refractivity contribution >= 4 is 22.5 Å². The Bertz CT molecular complexity index is 873. The van der Waals surface area contributed by atoms with Crippen molar-refractivity contribution in [1.29, 1.82) is 0 Å². The molecule has 1 aromatic carbocycles. The van der Waals surface area contributed by atoms with Crippen LogP contribution < -0.4 is 10.6 Å². The molecule has 1 saturated heterocycles. The van der Waals surface area contributed by atoms with Crippen LogP contribution in [0.2, 0.25) is 0 Å². The number of nitrogens with zero attached hydrogens (tertiary/aromatic N) is 5. The van der Waals surface area contributed by atoms with Gasteiger partial charge in [-0.05, 0) is 31.2 Å². The summed E-state index contributed by atoms with van der Waals surface area (Å²) in [4.78, 5) is 11.8. The highest BCUT2D eigenvalue weighted by Gasteiger charge is 2.25. The van der Waals surface area contributed by atoms with Gasteiger partial charge in [-0.25, -0.2) is 9.97 Å². The van der Waals surface area contributed by atoms with Gasteiger partial charge in [-0.3, -0.25) is 4.68 Å². The van der Waals surface area contributed by atoms with E-state index in [1.54, 1.807) is 6.20 Å². The first-order valence-electron chi connectivity index (χ1n) is 8.03. The number of anilines is 2. The molecule has 0 aliphatic carbocycles. The molecule has 3 heterocycles. The molecule has 0 bridgehead atoms. The summed E-state index contributed by atoms with van der Waals surface area (Å²) in [5, 5.41) is 4.36. The van der Waals surface area contributed by atoms with Crippen molar-refractivity contribution in [1.82, 2.24) is 19.7 Å². The molecule has 1 fully saturated rings. The van der Waals surface area contributed by atoms with Crippen LogP contribution in [0.15, 0.2) is 30.5 Å². The minimum absolute atomic E-state index is 0.256. The van der Waals surface area contributed by atoms with Gasteiger partial charge in [0, 0.05) is 24.8 Å². The van der Waals surface area contributed by atoms with E-state index in [1.807, 2.05) is 36.0 Å². The van der Waals surface area contributed by atoms with Crippen molar-refractivity contribution in [3.8, 4) is 11.4 Å². The summed E-state index contributed by atoms with van der Waals surface area (Å²) in [6.45, 7) is 4.34. The number of morpholine rings is 1. The Morgan fingerprint density at radius 2 is 2.00 bits per heavy atom. The Hall–Kier alpha value is -2.67. The number of fused-ring (bicyclic) bond motifs is 1. The number of ether oxygens (including phenoxy) is 1. The Morgan fingerprint density at radius 3 is 2.75 bits per heavy atom. The third-order valence-electron chi connectivity index (χ3n) is 4.38. The van der Waals surface area contributed by atoms with E-state index in [2.05, 4.69) is 21.9 Å². The van der Waals surface area contributed by atoms with Crippen LogP contribution in [-0.2, 0) is 11.8 Å². The number of hydrogen-bond acceptors (Lipinski definition) is 6. The molecule has 1 atom stereocenters. The molecule has 0 amide bonds. The van der Waals surface area contributed by atoms with Crippen LogP contribution in [-0.4, -0.2) is 45.5 Å². The SMILES string of the molecule is CC1COCCN1c1nc(-c2ccc(N)cc2)nc2cnn(C)c12. The van der Waals surface area contributed by atoms with Crippen LogP contribution >= 0.6 is 0 Å². The van der Waals surface area contributed by atoms with Gasteiger partial charge in [0.1, 0.15) is 11.0 Å². The zero-order chi connectivity index (χ0) is 16.7. The lowest BCUT2D eigenvalue weighted by Crippen LogP contribution is -2.44. The summed E-state index contributed by atoms with van der Waals surface area (Å²) in [7, 11) is 1.92. The van der Waals surface area contributed by atoms with E-state index >= 15 is 0 Å². The fourth-order valence-electron chi connectivity index (χ4n) is 3.06. The smallest absolute Gasteiger partial charge is 0.162 e. The van der Waals surface area contributed by atoms with Crippen molar-refractivity contribution in [2.24, 2.45) is 7.05 Å². The van der Waals surface area contributed by atoms with Gasteiger partial charge in [0.2, 0.25) is 0 Å². The van der Waals surface area contributed by atoms with Crippen LogP contribution in [0.25, 0.3) is 22.4 Å². The summed E-state index contributed by atoms with van der Waals surface area (Å²) in [6, 6.07) is 7.87. The van der Waals surface area contributed by atoms with Crippen molar-refractivity contribution in [2.75, 3.05) is 30.4 Å². The number of hydrogen-bond donors (Lipinski definition) is 1. The predicted octanol–water partition coefficient (Wildman–Crippen LogP) is 1.84. The lowest BCUT2D eigenvalue weighted by molar-refractivity contribution is 0.0986. The van der Waals surface area contributed by atoms with E-state index in [9.17, 15) is 0 Å². The monoisotopic (exact) mass is 324 g/mol. The molecule has 1 aliphatic rings. The molecule has 0 spiro atoms. The molecule has 1 unspecified atom stereocenters. The Kier molecular flexibility index (Phi) is 3.57. The molecule has 2 N–H and O–H groups in total. The van der Waals surface area contributed by atoms with Crippen LogP contribution in [0.5, 0.6) is 0 Å². The average Bonchev–Trinajstić information content (AvgIpc) is 2.97. The maximum absolute atomic E-state index is 5.79. The van der Waals surface area contributed by atoms with E-state index < -0.39 is 0 Å². The number of nitrogens with two attached hydrogens (primary N) is 1. The summed E-state index contributed by atoms with van der Waals surface area (Å²) in [5.74, 6) is 1.59. The van der Waals surface area contributed by atoms with E-state index in [0.717, 1.165) is 34.6 Å². The summed E-state index contributed by atoms with van der Waals surface area (Å²) in [5.41, 5.74) is 9.24. The third kappa shape index (κ3) is 2.46. The second kappa shape index (κ2) is 5.76. The number of nitrogen functional groups attached to an aromatic ring is 1. The molecule has 124 valence electrons. The van der Waals surface area contributed by atoms with E-state index in [4.69, 9.17) is 15.5 Å². The standard InChI is InChI=1S/C17H20N6O/c1-11-10-24-8-7-23(11)17-15-14(9-19-22(15)2)20-16(21-17)12-3-5-13(18)6-4-12/h3-6,9,11H,7-8,10,18H2,1-2H3. The zero-order valence-electron chi connectivity index (χ0n) is 13.8. The van der Waals surface area contributed by atoms with Gasteiger partial charge in [-0.1, -0.05) is 0 Å². The van der Waals surface area contributed by atoms with Gasteiger partial charge in [-0.2, -0.15) is 5.10 Å². The molecule has 7 heteroatoms. The minimum Gasteiger partial charge on any atom is -0.399 e. The first-order valence-corrected chi connectivity index (χ1v) is 8.03. The molecule has 3 aromatic rings. The van der Waals surface area contributed by atoms with E-state index in [1.165, 1.54) is 0 Å². The van der Waals surface area contributed by atoms with Crippen molar-refractivity contribution in [2.45, 2.75) is 13.0 Å². The molecule has 2 aromatic heterocycles. The first kappa shape index (κ1) is 14.9. The maximum Gasteiger partial charge on any atom is 0.162 e. The number of aromatic nitrogens is 4. The minimum atomic E-state index is 0.256. The Balaban J connectivity index is 1.89. The molecular weight excluding hydrogens is 304 g/mol. The van der Waals surface area contributed by atoms with E-state index in [0.29, 0.717) is 19.0 Å².